The molecule has 0 unspecified atom stereocenters. The Morgan fingerprint density at radius 1 is 0.522 bits per heavy atom. The first-order valence-corrected chi connectivity index (χ1v) is 7.67. The summed E-state index contributed by atoms with van der Waals surface area (Å²) in [7, 11) is 0. The second-order valence-electron chi connectivity index (χ2n) is 5.20. The van der Waals surface area contributed by atoms with E-state index in [-0.39, 0.29) is 0 Å². The molecule has 3 aromatic carbocycles. The molecule has 0 bridgehead atoms. The van der Waals surface area contributed by atoms with Crippen LogP contribution in [0.4, 0.5) is 0 Å². The van der Waals surface area contributed by atoms with Gasteiger partial charge in [0.25, 0.3) is 6.29 Å². The molecule has 0 aliphatic heterocycles. The van der Waals surface area contributed by atoms with Gasteiger partial charge in [-0.2, -0.15) is 0 Å². The standard InChI is InChI=1S/C21H19O2/c1-4-10-18(11-5-1)16-22-21(20-14-8-3-9-15-20)23-17-19-12-6-2-7-13-19/h1-15H,16-17H2. The van der Waals surface area contributed by atoms with E-state index in [9.17, 15) is 0 Å². The summed E-state index contributed by atoms with van der Waals surface area (Å²) in [5.74, 6) is 0. The monoisotopic (exact) mass is 303 g/mol. The van der Waals surface area contributed by atoms with Crippen LogP contribution in [0.15, 0.2) is 91.0 Å². The molecule has 0 heterocycles. The third-order valence-electron chi connectivity index (χ3n) is 3.44. The highest BCUT2D eigenvalue weighted by atomic mass is 16.7. The fourth-order valence-corrected chi connectivity index (χ4v) is 2.23. The van der Waals surface area contributed by atoms with Crippen LogP contribution in [0.2, 0.25) is 0 Å². The quantitative estimate of drug-likeness (QED) is 0.614. The summed E-state index contributed by atoms with van der Waals surface area (Å²) in [5.41, 5.74) is 3.17. The molecule has 23 heavy (non-hydrogen) atoms. The summed E-state index contributed by atoms with van der Waals surface area (Å²) in [6.07, 6.45) is 0.554. The Morgan fingerprint density at radius 3 is 1.35 bits per heavy atom. The van der Waals surface area contributed by atoms with Crippen LogP contribution in [-0.2, 0) is 22.7 Å². The molecular formula is C21H19O2. The number of rotatable bonds is 7. The Bertz CT molecular complexity index is 637. The number of hydrogen-bond acceptors (Lipinski definition) is 2. The zero-order valence-electron chi connectivity index (χ0n) is 12.9. The van der Waals surface area contributed by atoms with Crippen LogP contribution in [0, 0.1) is 6.29 Å². The average molecular weight is 303 g/mol. The molecule has 2 heteroatoms. The van der Waals surface area contributed by atoms with Crippen molar-refractivity contribution >= 4 is 0 Å². The van der Waals surface area contributed by atoms with E-state index in [4.69, 9.17) is 9.47 Å². The number of hydrogen-bond donors (Lipinski definition) is 0. The van der Waals surface area contributed by atoms with Crippen molar-refractivity contribution in [2.45, 2.75) is 13.2 Å². The molecule has 3 rings (SSSR count). The lowest BCUT2D eigenvalue weighted by Gasteiger charge is -2.17. The van der Waals surface area contributed by atoms with Gasteiger partial charge in [-0.1, -0.05) is 91.0 Å². The van der Waals surface area contributed by atoms with Gasteiger partial charge in [0.1, 0.15) is 0 Å². The lowest BCUT2D eigenvalue weighted by molar-refractivity contribution is -0.0409. The Hall–Kier alpha value is -2.42. The van der Waals surface area contributed by atoms with E-state index < -0.39 is 0 Å². The van der Waals surface area contributed by atoms with Crippen molar-refractivity contribution in [1.82, 2.24) is 0 Å². The topological polar surface area (TPSA) is 18.5 Å². The summed E-state index contributed by atoms with van der Waals surface area (Å²) >= 11 is 0. The molecule has 0 fully saturated rings. The van der Waals surface area contributed by atoms with E-state index in [0.717, 1.165) is 16.7 Å². The van der Waals surface area contributed by atoms with Gasteiger partial charge < -0.3 is 9.47 Å². The van der Waals surface area contributed by atoms with Gasteiger partial charge in [-0.15, -0.1) is 0 Å². The zero-order valence-corrected chi connectivity index (χ0v) is 12.9. The Kier molecular flexibility index (Phi) is 5.57. The molecule has 0 saturated carbocycles. The first kappa shape index (κ1) is 15.5. The van der Waals surface area contributed by atoms with Gasteiger partial charge in [0.05, 0.1) is 13.2 Å². The molecule has 0 amide bonds. The van der Waals surface area contributed by atoms with Gasteiger partial charge in [-0.3, -0.25) is 0 Å². The predicted molar refractivity (Wildman–Crippen MR) is 91.2 cm³/mol. The predicted octanol–water partition coefficient (Wildman–Crippen LogP) is 4.96. The lowest BCUT2D eigenvalue weighted by Crippen LogP contribution is -2.10. The molecule has 0 aromatic heterocycles. The summed E-state index contributed by atoms with van der Waals surface area (Å²) in [6, 6.07) is 30.1. The van der Waals surface area contributed by atoms with Gasteiger partial charge in [-0.05, 0) is 11.1 Å². The largest absolute Gasteiger partial charge is 0.337 e. The highest BCUT2D eigenvalue weighted by Crippen LogP contribution is 2.21. The molecule has 115 valence electrons. The fraction of sp³-hybridized carbons (Fsp3) is 0.0952. The molecule has 0 spiro atoms. The molecule has 0 aliphatic carbocycles. The number of benzene rings is 3. The lowest BCUT2D eigenvalue weighted by atomic mass is 10.2. The third kappa shape index (κ3) is 4.78. The fourth-order valence-electron chi connectivity index (χ4n) is 2.23. The van der Waals surface area contributed by atoms with Gasteiger partial charge in [0, 0.05) is 5.56 Å². The Morgan fingerprint density at radius 2 is 0.913 bits per heavy atom. The van der Waals surface area contributed by atoms with Gasteiger partial charge in [-0.25, -0.2) is 0 Å². The first-order valence-electron chi connectivity index (χ1n) is 7.67. The van der Waals surface area contributed by atoms with Gasteiger partial charge >= 0.3 is 0 Å². The minimum Gasteiger partial charge on any atom is -0.337 e. The van der Waals surface area contributed by atoms with Gasteiger partial charge in [0.2, 0.25) is 0 Å². The van der Waals surface area contributed by atoms with Crippen LogP contribution < -0.4 is 0 Å². The van der Waals surface area contributed by atoms with Crippen molar-refractivity contribution in [2.24, 2.45) is 0 Å². The normalized spacial score (nSPS) is 10.8. The second kappa shape index (κ2) is 8.28. The van der Waals surface area contributed by atoms with E-state index in [1.54, 1.807) is 0 Å². The van der Waals surface area contributed by atoms with Crippen molar-refractivity contribution in [2.75, 3.05) is 0 Å². The minimum absolute atomic E-state index is 0.486. The molecule has 3 aromatic rings. The molecule has 1 radical (unpaired) electrons. The highest BCUT2D eigenvalue weighted by Gasteiger charge is 2.15. The Balaban J connectivity index is 1.66. The number of ether oxygens (including phenoxy) is 2. The SMILES string of the molecule is c1ccc(CO[C](OCc2ccccc2)c2ccccc2)cc1. The van der Waals surface area contributed by atoms with Crippen molar-refractivity contribution in [1.29, 1.82) is 0 Å². The summed E-state index contributed by atoms with van der Waals surface area (Å²) in [5, 5.41) is 0. The molecule has 0 N–H and O–H groups in total. The average Bonchev–Trinajstić information content (AvgIpc) is 2.64. The van der Waals surface area contributed by atoms with E-state index in [1.165, 1.54) is 0 Å². The summed E-state index contributed by atoms with van der Waals surface area (Å²) < 4.78 is 11.9. The van der Waals surface area contributed by atoms with Crippen molar-refractivity contribution in [3.05, 3.63) is 114 Å². The maximum atomic E-state index is 5.93. The van der Waals surface area contributed by atoms with Crippen molar-refractivity contribution < 1.29 is 9.47 Å². The van der Waals surface area contributed by atoms with Crippen LogP contribution in [0.25, 0.3) is 0 Å². The van der Waals surface area contributed by atoms with Crippen molar-refractivity contribution in [3.8, 4) is 0 Å². The summed E-state index contributed by atoms with van der Waals surface area (Å²) in [4.78, 5) is 0. The summed E-state index contributed by atoms with van der Waals surface area (Å²) in [6.45, 7) is 0.972. The van der Waals surface area contributed by atoms with E-state index in [0.29, 0.717) is 19.5 Å². The maximum absolute atomic E-state index is 5.93. The van der Waals surface area contributed by atoms with Crippen molar-refractivity contribution in [3.63, 3.8) is 0 Å². The van der Waals surface area contributed by atoms with Crippen LogP contribution in [0.1, 0.15) is 16.7 Å². The van der Waals surface area contributed by atoms with Crippen LogP contribution in [0.5, 0.6) is 0 Å². The van der Waals surface area contributed by atoms with Gasteiger partial charge in [0.15, 0.2) is 0 Å². The second-order valence-corrected chi connectivity index (χ2v) is 5.20. The molecule has 0 saturated heterocycles. The third-order valence-corrected chi connectivity index (χ3v) is 3.44. The van der Waals surface area contributed by atoms with Crippen LogP contribution >= 0.6 is 0 Å². The molecular weight excluding hydrogens is 284 g/mol. The maximum Gasteiger partial charge on any atom is 0.256 e. The molecule has 0 atom stereocenters. The smallest absolute Gasteiger partial charge is 0.256 e. The van der Waals surface area contributed by atoms with E-state index >= 15 is 0 Å². The molecule has 2 nitrogen and oxygen atoms in total. The molecule has 0 aliphatic rings. The first-order chi connectivity index (χ1) is 11.4. The van der Waals surface area contributed by atoms with Crippen LogP contribution in [-0.4, -0.2) is 0 Å². The van der Waals surface area contributed by atoms with E-state index in [1.807, 2.05) is 91.0 Å². The van der Waals surface area contributed by atoms with E-state index in [2.05, 4.69) is 0 Å². The minimum atomic E-state index is 0.486. The zero-order chi connectivity index (χ0) is 15.7. The highest BCUT2D eigenvalue weighted by molar-refractivity contribution is 5.24. The Labute approximate surface area is 137 Å². The van der Waals surface area contributed by atoms with Crippen LogP contribution in [0.3, 0.4) is 0 Å².